The Morgan fingerprint density at radius 2 is 1.75 bits per heavy atom. The predicted molar refractivity (Wildman–Crippen MR) is 275 cm³/mol. The highest BCUT2D eigenvalue weighted by atomic mass is 15.5. The van der Waals surface area contributed by atoms with Crippen molar-refractivity contribution in [2.75, 3.05) is 46.8 Å². The van der Waals surface area contributed by atoms with E-state index in [9.17, 15) is 0 Å². The second-order valence-electron chi connectivity index (χ2n) is 20.5. The van der Waals surface area contributed by atoms with Crippen molar-refractivity contribution in [1.82, 2.24) is 35.1 Å². The number of nitrogens with zero attached hydrogens (tertiary/aromatic N) is 5. The summed E-state index contributed by atoms with van der Waals surface area (Å²) in [5, 5.41) is 7.75. The Bertz CT molecular complexity index is 2150. The zero-order chi connectivity index (χ0) is 46.0. The summed E-state index contributed by atoms with van der Waals surface area (Å²) in [5.41, 5.74) is 16.4. The highest BCUT2D eigenvalue weighted by Crippen LogP contribution is 2.43. The molecule has 3 heterocycles. The third-order valence-electron chi connectivity index (χ3n) is 14.6. The third kappa shape index (κ3) is 12.0. The Morgan fingerprint density at radius 3 is 2.42 bits per heavy atom. The molecular weight excluding hydrogens is 783 g/mol. The molecule has 1 saturated carbocycles. The molecule has 6 rings (SSSR count). The molecule has 1 aliphatic heterocycles. The van der Waals surface area contributed by atoms with Gasteiger partial charge in [0.05, 0.1) is 23.5 Å². The first-order chi connectivity index (χ1) is 30.8. The molecule has 348 valence electrons. The summed E-state index contributed by atoms with van der Waals surface area (Å²) in [6, 6.07) is 21.2. The Kier molecular flexibility index (Phi) is 17.6. The van der Waals surface area contributed by atoms with Crippen LogP contribution in [0.4, 0.5) is 0 Å². The lowest BCUT2D eigenvalue weighted by molar-refractivity contribution is 0.172. The number of nitrogens with one attached hydrogen (secondary N) is 2. The van der Waals surface area contributed by atoms with Crippen molar-refractivity contribution in [3.05, 3.63) is 115 Å². The van der Waals surface area contributed by atoms with Crippen molar-refractivity contribution in [3.8, 4) is 22.4 Å². The van der Waals surface area contributed by atoms with E-state index >= 15 is 0 Å². The van der Waals surface area contributed by atoms with Gasteiger partial charge in [-0.1, -0.05) is 110 Å². The first kappa shape index (κ1) is 49.3. The van der Waals surface area contributed by atoms with Gasteiger partial charge in [0.15, 0.2) is 0 Å². The maximum absolute atomic E-state index is 4.96. The van der Waals surface area contributed by atoms with Crippen molar-refractivity contribution in [1.29, 1.82) is 0 Å². The van der Waals surface area contributed by atoms with Crippen molar-refractivity contribution in [2.45, 2.75) is 144 Å². The van der Waals surface area contributed by atoms with E-state index < -0.39 is 0 Å². The van der Waals surface area contributed by atoms with Gasteiger partial charge in [-0.05, 0) is 155 Å². The summed E-state index contributed by atoms with van der Waals surface area (Å²) in [6.45, 7) is 36.1. The van der Waals surface area contributed by atoms with Crippen LogP contribution in [0.5, 0.6) is 0 Å². The number of hydrazine groups is 1. The van der Waals surface area contributed by atoms with Gasteiger partial charge in [-0.15, -0.1) is 6.58 Å². The van der Waals surface area contributed by atoms with Crippen LogP contribution in [0.2, 0.25) is 0 Å². The van der Waals surface area contributed by atoms with Crippen molar-refractivity contribution < 1.29 is 0 Å². The van der Waals surface area contributed by atoms with Gasteiger partial charge in [0, 0.05) is 60.2 Å². The van der Waals surface area contributed by atoms with Crippen LogP contribution in [0.1, 0.15) is 129 Å². The van der Waals surface area contributed by atoms with Crippen LogP contribution in [0.15, 0.2) is 98.0 Å². The zero-order valence-electron chi connectivity index (χ0n) is 41.6. The lowest BCUT2D eigenvalue weighted by Gasteiger charge is -2.40. The van der Waals surface area contributed by atoms with Crippen LogP contribution < -0.4 is 10.7 Å². The van der Waals surface area contributed by atoms with Crippen molar-refractivity contribution in [2.24, 2.45) is 17.3 Å². The fourth-order valence-electron chi connectivity index (χ4n) is 11.0. The van der Waals surface area contributed by atoms with Gasteiger partial charge in [-0.25, -0.2) is 5.43 Å². The van der Waals surface area contributed by atoms with Gasteiger partial charge in [-0.2, -0.15) is 0 Å². The Morgan fingerprint density at radius 1 is 0.984 bits per heavy atom. The average molecular weight is 868 g/mol. The fourth-order valence-corrected chi connectivity index (χ4v) is 11.0. The number of aryl methyl sites for hydroxylation is 1. The summed E-state index contributed by atoms with van der Waals surface area (Å²) in [6.07, 6.45) is 16.9. The minimum Gasteiger partial charge on any atom is -0.379 e. The van der Waals surface area contributed by atoms with Crippen LogP contribution in [0.3, 0.4) is 0 Å². The Balaban J connectivity index is 1.34. The first-order valence-electron chi connectivity index (χ1n) is 25.1. The van der Waals surface area contributed by atoms with E-state index in [4.69, 9.17) is 18.1 Å². The molecule has 7 heteroatoms. The lowest BCUT2D eigenvalue weighted by atomic mass is 9.80. The van der Waals surface area contributed by atoms with E-state index in [1.54, 1.807) is 0 Å². The summed E-state index contributed by atoms with van der Waals surface area (Å²) in [7, 11) is 4.54. The SMILES string of the molecule is C=CC(CCN(C)C(C(=C)NC(Cc1cccc(-c2ccc3c(c2)c(CC(C)(C)CCC)c(-c2cccnc2C(C)C)n3CC)c1)C(=C)N1CCCCN1)C1CCCC1)CN(C)CC. The molecule has 1 saturated heterocycles. The molecule has 0 radical (unpaired) electrons. The topological polar surface area (TPSA) is 51.6 Å². The van der Waals surface area contributed by atoms with E-state index in [1.807, 2.05) is 6.20 Å². The van der Waals surface area contributed by atoms with Crippen LogP contribution in [-0.2, 0) is 19.4 Å². The molecule has 2 aliphatic rings. The van der Waals surface area contributed by atoms with E-state index in [0.717, 1.165) is 69.9 Å². The molecule has 7 nitrogen and oxygen atoms in total. The van der Waals surface area contributed by atoms with Gasteiger partial charge in [-0.3, -0.25) is 9.88 Å². The summed E-state index contributed by atoms with van der Waals surface area (Å²) >= 11 is 0. The molecule has 2 aromatic carbocycles. The molecule has 4 aromatic rings. The highest BCUT2D eigenvalue weighted by molar-refractivity contribution is 5.95. The van der Waals surface area contributed by atoms with Crippen molar-refractivity contribution >= 4 is 10.9 Å². The largest absolute Gasteiger partial charge is 0.379 e. The number of rotatable bonds is 24. The predicted octanol–water partition coefficient (Wildman–Crippen LogP) is 12.6. The van der Waals surface area contributed by atoms with E-state index in [1.165, 1.54) is 101 Å². The molecule has 64 heavy (non-hydrogen) atoms. The molecule has 0 amide bonds. The van der Waals surface area contributed by atoms with Gasteiger partial charge >= 0.3 is 0 Å². The third-order valence-corrected chi connectivity index (χ3v) is 14.6. The van der Waals surface area contributed by atoms with E-state index in [-0.39, 0.29) is 17.5 Å². The highest BCUT2D eigenvalue weighted by Gasteiger charge is 2.33. The minimum absolute atomic E-state index is 0.00422. The summed E-state index contributed by atoms with van der Waals surface area (Å²) in [5.74, 6) is 1.39. The normalized spacial score (nSPS) is 16.5. The van der Waals surface area contributed by atoms with Crippen LogP contribution in [0.25, 0.3) is 33.3 Å². The number of fused-ring (bicyclic) bond motifs is 1. The number of pyridine rings is 1. The molecule has 2 aromatic heterocycles. The smallest absolute Gasteiger partial charge is 0.0707 e. The Hall–Kier alpha value is -4.17. The van der Waals surface area contributed by atoms with Gasteiger partial charge in [0.25, 0.3) is 0 Å². The molecule has 2 fully saturated rings. The van der Waals surface area contributed by atoms with Gasteiger partial charge in [0.1, 0.15) is 0 Å². The van der Waals surface area contributed by atoms with Crippen LogP contribution in [0, 0.1) is 17.3 Å². The van der Waals surface area contributed by atoms with Gasteiger partial charge < -0.3 is 19.8 Å². The Labute approximate surface area is 389 Å². The number of benzene rings is 2. The van der Waals surface area contributed by atoms with Gasteiger partial charge in [0.2, 0.25) is 0 Å². The molecule has 0 bridgehead atoms. The minimum atomic E-state index is -0.00422. The van der Waals surface area contributed by atoms with Crippen LogP contribution in [-0.4, -0.2) is 83.3 Å². The quantitative estimate of drug-likeness (QED) is 0.0684. The summed E-state index contributed by atoms with van der Waals surface area (Å²) < 4.78 is 2.55. The molecule has 3 unspecified atom stereocenters. The van der Waals surface area contributed by atoms with Crippen molar-refractivity contribution in [3.63, 3.8) is 0 Å². The number of likely N-dealkylation sites (N-methyl/N-ethyl adjacent to an activating group) is 1. The molecule has 1 aliphatic carbocycles. The van der Waals surface area contributed by atoms with E-state index in [2.05, 4.69) is 160 Å². The fraction of sp³-hybridized carbons (Fsp3) is 0.561. The number of aromatic nitrogens is 2. The zero-order valence-corrected chi connectivity index (χ0v) is 41.6. The first-order valence-corrected chi connectivity index (χ1v) is 25.1. The lowest BCUT2D eigenvalue weighted by Crippen LogP contribution is -2.51. The number of hydrogen-bond acceptors (Lipinski definition) is 6. The standard InChI is InChI=1S/C57H85N7/c1-13-31-57(9,10)39-51-50-38-48(28-29-53(50)63(16-4)56(51)49-27-22-32-58-54(49)41(5)6)47-26-21-23-45(36-47)37-52(43(8)64-34-20-19-33-59-64)60-42(7)55(46-24-17-18-25-46)62(12)35-30-44(14-2)40-61(11)15-3/h14,21-23,26-29,32,36,38,41,44,46,52,55,59-60H,2,7-8,13,15-20,24-25,30-31,33-35,37,39-40H2,1,3-6,9-12H3. The van der Waals surface area contributed by atoms with Crippen LogP contribution >= 0.6 is 0 Å². The average Bonchev–Trinajstić information content (AvgIpc) is 3.93. The molecule has 2 N–H and O–H groups in total. The monoisotopic (exact) mass is 868 g/mol. The van der Waals surface area contributed by atoms with E-state index in [0.29, 0.717) is 17.8 Å². The maximum atomic E-state index is 4.96. The second-order valence-corrected chi connectivity index (χ2v) is 20.5. The molecule has 0 spiro atoms. The summed E-state index contributed by atoms with van der Waals surface area (Å²) in [4.78, 5) is 9.95. The molecule has 3 atom stereocenters. The maximum Gasteiger partial charge on any atom is 0.0707 e. The second kappa shape index (κ2) is 22.8. The number of hydrogen-bond donors (Lipinski definition) is 2. The molecular formula is C57H85N7.